The van der Waals surface area contributed by atoms with Crippen LogP contribution in [0.3, 0.4) is 0 Å². The molecule has 0 heterocycles. The van der Waals surface area contributed by atoms with Crippen molar-refractivity contribution >= 4 is 39.1 Å². The fourth-order valence-corrected chi connectivity index (χ4v) is 2.74. The molecule has 1 nitrogen and oxygen atoms in total. The zero-order valence-electron chi connectivity index (χ0n) is 9.62. The van der Waals surface area contributed by atoms with E-state index in [1.54, 1.807) is 18.2 Å². The van der Waals surface area contributed by atoms with E-state index in [1.807, 2.05) is 25.1 Å². The van der Waals surface area contributed by atoms with Gasteiger partial charge in [0.05, 0.1) is 0 Å². The van der Waals surface area contributed by atoms with Crippen molar-refractivity contribution in [3.8, 4) is 0 Å². The highest BCUT2D eigenvalue weighted by molar-refractivity contribution is 9.10. The molecule has 0 saturated heterocycles. The molecule has 94 valence electrons. The van der Waals surface area contributed by atoms with Crippen LogP contribution in [-0.4, -0.2) is 5.11 Å². The summed E-state index contributed by atoms with van der Waals surface area (Å²) < 4.78 is 0.853. The Balaban J connectivity index is 2.47. The van der Waals surface area contributed by atoms with E-state index in [2.05, 4.69) is 15.9 Å². The highest BCUT2D eigenvalue weighted by Crippen LogP contribution is 2.34. The normalized spacial score (nSPS) is 12.5. The van der Waals surface area contributed by atoms with E-state index in [1.165, 1.54) is 0 Å². The summed E-state index contributed by atoms with van der Waals surface area (Å²) in [4.78, 5) is 0. The highest BCUT2D eigenvalue weighted by Gasteiger charge is 2.16. The van der Waals surface area contributed by atoms with Crippen molar-refractivity contribution in [2.75, 3.05) is 0 Å². The molecule has 2 aromatic rings. The largest absolute Gasteiger partial charge is 0.384 e. The first-order valence-electron chi connectivity index (χ1n) is 5.38. The monoisotopic (exact) mass is 344 g/mol. The topological polar surface area (TPSA) is 20.2 Å². The number of halogens is 3. The first kappa shape index (κ1) is 13.9. The lowest BCUT2D eigenvalue weighted by Gasteiger charge is -2.15. The minimum Gasteiger partial charge on any atom is -0.384 e. The van der Waals surface area contributed by atoms with Crippen molar-refractivity contribution in [1.29, 1.82) is 0 Å². The molecule has 0 aliphatic carbocycles. The van der Waals surface area contributed by atoms with Crippen LogP contribution in [0, 0.1) is 6.92 Å². The summed E-state index contributed by atoms with van der Waals surface area (Å²) >= 11 is 15.4. The Morgan fingerprint density at radius 2 is 1.78 bits per heavy atom. The minimum atomic E-state index is -0.774. The summed E-state index contributed by atoms with van der Waals surface area (Å²) in [6.07, 6.45) is -0.774. The van der Waals surface area contributed by atoms with Crippen LogP contribution in [0.1, 0.15) is 22.8 Å². The average Bonchev–Trinajstić information content (AvgIpc) is 2.31. The third-order valence-corrected chi connectivity index (χ3v) is 3.99. The van der Waals surface area contributed by atoms with Gasteiger partial charge in [-0.3, -0.25) is 0 Å². The molecule has 2 rings (SSSR count). The van der Waals surface area contributed by atoms with Gasteiger partial charge in [0.25, 0.3) is 0 Å². The van der Waals surface area contributed by atoms with Gasteiger partial charge < -0.3 is 5.11 Å². The number of benzene rings is 2. The Kier molecular flexibility index (Phi) is 4.33. The molecule has 1 atom stereocenters. The summed E-state index contributed by atoms with van der Waals surface area (Å²) in [6.45, 7) is 1.98. The van der Waals surface area contributed by atoms with Gasteiger partial charge >= 0.3 is 0 Å². The van der Waals surface area contributed by atoms with Gasteiger partial charge in [0.15, 0.2) is 0 Å². The van der Waals surface area contributed by atoms with Crippen molar-refractivity contribution in [1.82, 2.24) is 0 Å². The molecule has 2 aromatic carbocycles. The second-order valence-corrected chi connectivity index (χ2v) is 5.79. The highest BCUT2D eigenvalue weighted by atomic mass is 79.9. The molecule has 1 unspecified atom stereocenters. The Labute approximate surface area is 124 Å². The van der Waals surface area contributed by atoms with Crippen molar-refractivity contribution < 1.29 is 5.11 Å². The van der Waals surface area contributed by atoms with Crippen LogP contribution >= 0.6 is 39.1 Å². The molecule has 0 bridgehead atoms. The molecule has 0 aliphatic rings. The van der Waals surface area contributed by atoms with E-state index < -0.39 is 6.10 Å². The predicted octanol–water partition coefficient (Wildman–Crippen LogP) is 5.15. The third kappa shape index (κ3) is 2.89. The van der Waals surface area contributed by atoms with Crippen molar-refractivity contribution in [2.45, 2.75) is 13.0 Å². The van der Waals surface area contributed by atoms with E-state index in [4.69, 9.17) is 23.2 Å². The Hall–Kier alpha value is -0.540. The lowest BCUT2D eigenvalue weighted by atomic mass is 10.00. The zero-order valence-corrected chi connectivity index (χ0v) is 12.7. The summed E-state index contributed by atoms with van der Waals surface area (Å²) in [5.74, 6) is 0. The van der Waals surface area contributed by atoms with Gasteiger partial charge in [-0.05, 0) is 30.7 Å². The SMILES string of the molecule is Cc1ccc(Br)c(C(O)c2ccc(Cl)cc2Cl)c1. The van der Waals surface area contributed by atoms with Gasteiger partial charge in [0, 0.05) is 20.1 Å². The predicted molar refractivity (Wildman–Crippen MR) is 79.4 cm³/mol. The summed E-state index contributed by atoms with van der Waals surface area (Å²) in [7, 11) is 0. The molecule has 4 heteroatoms. The van der Waals surface area contributed by atoms with E-state index in [9.17, 15) is 5.11 Å². The van der Waals surface area contributed by atoms with Gasteiger partial charge in [0.2, 0.25) is 0 Å². The molecule has 0 aromatic heterocycles. The Morgan fingerprint density at radius 1 is 1.06 bits per heavy atom. The van der Waals surface area contributed by atoms with Gasteiger partial charge in [-0.2, -0.15) is 0 Å². The van der Waals surface area contributed by atoms with Gasteiger partial charge in [-0.25, -0.2) is 0 Å². The number of hydrogen-bond donors (Lipinski definition) is 1. The van der Waals surface area contributed by atoms with Crippen LogP contribution in [0.5, 0.6) is 0 Å². The summed E-state index contributed by atoms with van der Waals surface area (Å²) in [6, 6.07) is 10.9. The minimum absolute atomic E-state index is 0.461. The van der Waals surface area contributed by atoms with E-state index in [-0.39, 0.29) is 0 Å². The average molecular weight is 346 g/mol. The molecule has 0 aliphatic heterocycles. The molecular formula is C14H11BrCl2O. The summed E-state index contributed by atoms with van der Waals surface area (Å²) in [5, 5.41) is 11.4. The smallest absolute Gasteiger partial charge is 0.107 e. The quantitative estimate of drug-likeness (QED) is 0.798. The maximum absolute atomic E-state index is 10.4. The molecule has 18 heavy (non-hydrogen) atoms. The number of aliphatic hydroxyl groups is 1. The lowest BCUT2D eigenvalue weighted by molar-refractivity contribution is 0.219. The Morgan fingerprint density at radius 3 is 2.44 bits per heavy atom. The number of aryl methyl sites for hydroxylation is 1. The van der Waals surface area contributed by atoms with Crippen LogP contribution in [-0.2, 0) is 0 Å². The van der Waals surface area contributed by atoms with Crippen LogP contribution < -0.4 is 0 Å². The maximum atomic E-state index is 10.4. The first-order chi connectivity index (χ1) is 8.49. The van der Waals surface area contributed by atoms with Crippen molar-refractivity contribution in [3.63, 3.8) is 0 Å². The van der Waals surface area contributed by atoms with Crippen molar-refractivity contribution in [2.24, 2.45) is 0 Å². The molecule has 0 amide bonds. The van der Waals surface area contributed by atoms with Gasteiger partial charge in [-0.15, -0.1) is 0 Å². The molecule has 0 saturated carbocycles. The van der Waals surface area contributed by atoms with Crippen molar-refractivity contribution in [3.05, 3.63) is 67.6 Å². The van der Waals surface area contributed by atoms with Crippen LogP contribution in [0.2, 0.25) is 10.0 Å². The third-order valence-electron chi connectivity index (χ3n) is 2.70. The van der Waals surface area contributed by atoms with E-state index in [0.29, 0.717) is 15.6 Å². The number of aliphatic hydroxyl groups excluding tert-OH is 1. The standard InChI is InChI=1S/C14H11BrCl2O/c1-8-2-5-12(15)11(6-8)14(18)10-4-3-9(16)7-13(10)17/h2-7,14,18H,1H3. The number of rotatable bonds is 2. The van der Waals surface area contributed by atoms with Crippen LogP contribution in [0.15, 0.2) is 40.9 Å². The fourth-order valence-electron chi connectivity index (χ4n) is 1.76. The van der Waals surface area contributed by atoms with Crippen LogP contribution in [0.25, 0.3) is 0 Å². The zero-order chi connectivity index (χ0) is 13.3. The second kappa shape index (κ2) is 5.62. The molecule has 1 N–H and O–H groups in total. The molecule has 0 radical (unpaired) electrons. The maximum Gasteiger partial charge on any atom is 0.107 e. The van der Waals surface area contributed by atoms with Gasteiger partial charge in [0.1, 0.15) is 6.10 Å². The molecule has 0 spiro atoms. The Bertz CT molecular complexity index is 584. The molecule has 0 fully saturated rings. The van der Waals surface area contributed by atoms with Gasteiger partial charge in [-0.1, -0.05) is 62.9 Å². The first-order valence-corrected chi connectivity index (χ1v) is 6.93. The lowest BCUT2D eigenvalue weighted by Crippen LogP contribution is -2.02. The van der Waals surface area contributed by atoms with Crippen LogP contribution in [0.4, 0.5) is 0 Å². The number of hydrogen-bond acceptors (Lipinski definition) is 1. The van der Waals surface area contributed by atoms with E-state index >= 15 is 0 Å². The second-order valence-electron chi connectivity index (χ2n) is 4.09. The summed E-state index contributed by atoms with van der Waals surface area (Å²) in [5.41, 5.74) is 2.52. The fraction of sp³-hybridized carbons (Fsp3) is 0.143. The molecular weight excluding hydrogens is 335 g/mol. The van der Waals surface area contributed by atoms with E-state index in [0.717, 1.165) is 15.6 Å².